The minimum absolute atomic E-state index is 0.165. The molecule has 2 aromatic heterocycles. The molecule has 1 aromatic carbocycles. The standard InChI is InChI=1S/C21H20N4O2/c26-21(17-8-10-22-15-20(17)25-11-13-27-14-12-25)24-19-7-2-1-5-16(19)18-6-3-4-9-23-18/h1-10,15H,11-14H2,(H,24,26). The van der Waals surface area contributed by atoms with Crippen LogP contribution in [0.5, 0.6) is 0 Å². The Morgan fingerprint density at radius 3 is 2.63 bits per heavy atom. The fourth-order valence-electron chi connectivity index (χ4n) is 3.16. The lowest BCUT2D eigenvalue weighted by atomic mass is 10.1. The van der Waals surface area contributed by atoms with Crippen LogP contribution in [0.1, 0.15) is 10.4 Å². The van der Waals surface area contributed by atoms with Crippen LogP contribution in [0, 0.1) is 0 Å². The number of pyridine rings is 2. The Morgan fingerprint density at radius 2 is 1.81 bits per heavy atom. The number of ether oxygens (including phenoxy) is 1. The molecule has 0 saturated carbocycles. The van der Waals surface area contributed by atoms with Crippen LogP contribution in [0.3, 0.4) is 0 Å². The van der Waals surface area contributed by atoms with Gasteiger partial charge in [-0.05, 0) is 24.3 Å². The van der Waals surface area contributed by atoms with Crippen molar-refractivity contribution in [2.45, 2.75) is 0 Å². The maximum Gasteiger partial charge on any atom is 0.257 e. The summed E-state index contributed by atoms with van der Waals surface area (Å²) >= 11 is 0. The number of rotatable bonds is 4. The van der Waals surface area contributed by atoms with E-state index in [0.29, 0.717) is 18.8 Å². The van der Waals surface area contributed by atoms with Gasteiger partial charge in [-0.15, -0.1) is 0 Å². The minimum atomic E-state index is -0.165. The van der Waals surface area contributed by atoms with E-state index >= 15 is 0 Å². The Kier molecular flexibility index (Phi) is 5.07. The zero-order chi connectivity index (χ0) is 18.5. The van der Waals surface area contributed by atoms with Gasteiger partial charge in [0.15, 0.2) is 0 Å². The molecule has 0 spiro atoms. The van der Waals surface area contributed by atoms with Gasteiger partial charge in [0.25, 0.3) is 5.91 Å². The van der Waals surface area contributed by atoms with Gasteiger partial charge in [0, 0.05) is 31.0 Å². The third-order valence-corrected chi connectivity index (χ3v) is 4.51. The Morgan fingerprint density at radius 1 is 1.00 bits per heavy atom. The van der Waals surface area contributed by atoms with Gasteiger partial charge in [-0.1, -0.05) is 24.3 Å². The number of morpholine rings is 1. The van der Waals surface area contributed by atoms with Crippen LogP contribution in [-0.2, 0) is 4.74 Å². The molecule has 0 atom stereocenters. The second kappa shape index (κ2) is 7.97. The number of para-hydroxylation sites is 1. The molecule has 0 aliphatic carbocycles. The van der Waals surface area contributed by atoms with Gasteiger partial charge >= 0.3 is 0 Å². The molecular formula is C21H20N4O2. The summed E-state index contributed by atoms with van der Waals surface area (Å²) in [6.07, 6.45) is 5.13. The number of benzene rings is 1. The lowest BCUT2D eigenvalue weighted by molar-refractivity contribution is 0.102. The van der Waals surface area contributed by atoms with E-state index in [4.69, 9.17) is 4.74 Å². The van der Waals surface area contributed by atoms with Crippen LogP contribution in [0.25, 0.3) is 11.3 Å². The first kappa shape index (κ1) is 17.2. The van der Waals surface area contributed by atoms with Crippen LogP contribution in [0.2, 0.25) is 0 Å². The summed E-state index contributed by atoms with van der Waals surface area (Å²) < 4.78 is 5.41. The van der Waals surface area contributed by atoms with Gasteiger partial charge in [-0.25, -0.2) is 0 Å². The third-order valence-electron chi connectivity index (χ3n) is 4.51. The van der Waals surface area contributed by atoms with Crippen molar-refractivity contribution in [3.05, 3.63) is 72.7 Å². The first-order chi connectivity index (χ1) is 13.3. The van der Waals surface area contributed by atoms with E-state index < -0.39 is 0 Å². The van der Waals surface area contributed by atoms with Gasteiger partial charge in [0.05, 0.1) is 42.0 Å². The largest absolute Gasteiger partial charge is 0.378 e. The van der Waals surface area contributed by atoms with Crippen LogP contribution in [-0.4, -0.2) is 42.2 Å². The fourth-order valence-corrected chi connectivity index (χ4v) is 3.16. The molecule has 3 heterocycles. The molecule has 0 radical (unpaired) electrons. The smallest absolute Gasteiger partial charge is 0.257 e. The van der Waals surface area contributed by atoms with Crippen LogP contribution >= 0.6 is 0 Å². The fraction of sp³-hybridized carbons (Fsp3) is 0.190. The van der Waals surface area contributed by atoms with Crippen LogP contribution < -0.4 is 10.2 Å². The van der Waals surface area contributed by atoms with E-state index in [1.54, 1.807) is 24.7 Å². The summed E-state index contributed by atoms with van der Waals surface area (Å²) in [5.41, 5.74) is 3.85. The summed E-state index contributed by atoms with van der Waals surface area (Å²) in [4.78, 5) is 23.8. The first-order valence-electron chi connectivity index (χ1n) is 8.91. The van der Waals surface area contributed by atoms with Crippen molar-refractivity contribution in [2.24, 2.45) is 0 Å². The normalized spacial score (nSPS) is 14.0. The van der Waals surface area contributed by atoms with Gasteiger partial charge in [0.1, 0.15) is 0 Å². The number of carbonyl (C=O) groups excluding carboxylic acids is 1. The van der Waals surface area contributed by atoms with Crippen molar-refractivity contribution in [2.75, 3.05) is 36.5 Å². The summed E-state index contributed by atoms with van der Waals surface area (Å²) in [6.45, 7) is 2.80. The number of anilines is 2. The Hall–Kier alpha value is -3.25. The summed E-state index contributed by atoms with van der Waals surface area (Å²) in [5.74, 6) is -0.165. The first-order valence-corrected chi connectivity index (χ1v) is 8.91. The maximum absolute atomic E-state index is 13.0. The van der Waals surface area contributed by atoms with Gasteiger partial charge in [-0.2, -0.15) is 0 Å². The highest BCUT2D eigenvalue weighted by molar-refractivity contribution is 6.09. The van der Waals surface area contributed by atoms with Crippen molar-refractivity contribution in [1.29, 1.82) is 0 Å². The van der Waals surface area contributed by atoms with Crippen LogP contribution in [0.4, 0.5) is 11.4 Å². The topological polar surface area (TPSA) is 67.4 Å². The number of nitrogens with zero attached hydrogens (tertiary/aromatic N) is 3. The van der Waals surface area contributed by atoms with Crippen LogP contribution in [0.15, 0.2) is 67.1 Å². The van der Waals surface area contributed by atoms with E-state index in [0.717, 1.165) is 35.7 Å². The molecule has 4 rings (SSSR count). The molecule has 1 aliphatic heterocycles. The van der Waals surface area contributed by atoms with E-state index in [9.17, 15) is 4.79 Å². The average molecular weight is 360 g/mol. The molecule has 1 amide bonds. The third kappa shape index (κ3) is 3.80. The molecule has 6 nitrogen and oxygen atoms in total. The van der Waals surface area contributed by atoms with Crippen molar-refractivity contribution in [3.63, 3.8) is 0 Å². The summed E-state index contributed by atoms with van der Waals surface area (Å²) in [5, 5.41) is 3.04. The number of carbonyl (C=O) groups is 1. The number of aromatic nitrogens is 2. The second-order valence-corrected chi connectivity index (χ2v) is 6.21. The van der Waals surface area contributed by atoms with Gasteiger partial charge < -0.3 is 15.0 Å². The molecule has 0 unspecified atom stereocenters. The monoisotopic (exact) mass is 360 g/mol. The van der Waals surface area contributed by atoms with Gasteiger partial charge in [0.2, 0.25) is 0 Å². The van der Waals surface area contributed by atoms with Crippen molar-refractivity contribution >= 4 is 17.3 Å². The predicted octanol–water partition coefficient (Wildman–Crippen LogP) is 3.23. The van der Waals surface area contributed by atoms with E-state index in [1.807, 2.05) is 42.5 Å². The highest BCUT2D eigenvalue weighted by atomic mass is 16.5. The molecule has 3 aromatic rings. The van der Waals surface area contributed by atoms with E-state index in [-0.39, 0.29) is 5.91 Å². The molecule has 136 valence electrons. The van der Waals surface area contributed by atoms with Gasteiger partial charge in [-0.3, -0.25) is 14.8 Å². The zero-order valence-electron chi connectivity index (χ0n) is 14.8. The molecule has 6 heteroatoms. The highest BCUT2D eigenvalue weighted by Gasteiger charge is 2.19. The molecule has 1 saturated heterocycles. The molecular weight excluding hydrogens is 340 g/mol. The summed E-state index contributed by atoms with van der Waals surface area (Å²) in [6, 6.07) is 15.2. The predicted molar refractivity (Wildman–Crippen MR) is 105 cm³/mol. The maximum atomic E-state index is 13.0. The second-order valence-electron chi connectivity index (χ2n) is 6.21. The summed E-state index contributed by atoms with van der Waals surface area (Å²) in [7, 11) is 0. The average Bonchev–Trinajstić information content (AvgIpc) is 2.75. The number of nitrogens with one attached hydrogen (secondary N) is 1. The molecule has 0 bridgehead atoms. The quantitative estimate of drug-likeness (QED) is 0.774. The Bertz CT molecular complexity index is 924. The van der Waals surface area contributed by atoms with E-state index in [2.05, 4.69) is 20.2 Å². The number of amides is 1. The minimum Gasteiger partial charge on any atom is -0.378 e. The highest BCUT2D eigenvalue weighted by Crippen LogP contribution is 2.28. The number of hydrogen-bond donors (Lipinski definition) is 1. The molecule has 27 heavy (non-hydrogen) atoms. The zero-order valence-corrected chi connectivity index (χ0v) is 14.8. The van der Waals surface area contributed by atoms with Crippen molar-refractivity contribution in [3.8, 4) is 11.3 Å². The molecule has 1 fully saturated rings. The number of hydrogen-bond acceptors (Lipinski definition) is 5. The lowest BCUT2D eigenvalue weighted by Crippen LogP contribution is -2.37. The SMILES string of the molecule is O=C(Nc1ccccc1-c1ccccn1)c1ccncc1N1CCOCC1. The lowest BCUT2D eigenvalue weighted by Gasteiger charge is -2.29. The van der Waals surface area contributed by atoms with Crippen molar-refractivity contribution in [1.82, 2.24) is 9.97 Å². The van der Waals surface area contributed by atoms with Crippen molar-refractivity contribution < 1.29 is 9.53 Å². The Balaban J connectivity index is 1.63. The Labute approximate surface area is 157 Å². The van der Waals surface area contributed by atoms with E-state index in [1.165, 1.54) is 0 Å². The molecule has 1 N–H and O–H groups in total. The molecule has 1 aliphatic rings.